The fourth-order valence-corrected chi connectivity index (χ4v) is 0.376. The van der Waals surface area contributed by atoms with Crippen LogP contribution in [-0.4, -0.2) is 25.2 Å². The molecule has 0 fully saturated rings. The van der Waals surface area contributed by atoms with E-state index in [1.165, 1.54) is 14.2 Å². The molecule has 0 saturated heterocycles. The zero-order valence-electron chi connectivity index (χ0n) is 4.68. The minimum Gasteiger partial charge on any atom is -0.466 e. The zero-order chi connectivity index (χ0) is 6.57. The second-order valence-corrected chi connectivity index (χ2v) is 1.91. The minimum absolute atomic E-state index is 0.424. The van der Waals surface area contributed by atoms with Gasteiger partial charge in [-0.05, 0) is 15.9 Å². The second kappa shape index (κ2) is 3.86. The Labute approximate surface area is 56.1 Å². The van der Waals surface area contributed by atoms with Gasteiger partial charge in [-0.2, -0.15) is 0 Å². The van der Waals surface area contributed by atoms with Gasteiger partial charge in [0.25, 0.3) is 0 Å². The predicted octanol–water partition coefficient (Wildman–Crippen LogP) is 0.527. The smallest absolute Gasteiger partial charge is 0.346 e. The monoisotopic (exact) mass is 182 g/mol. The van der Waals surface area contributed by atoms with Gasteiger partial charge in [-0.15, -0.1) is 0 Å². The molecule has 0 unspecified atom stereocenters. The minimum atomic E-state index is -0.632. The molecule has 3 nitrogen and oxygen atoms in total. The maximum atomic E-state index is 10.3. The van der Waals surface area contributed by atoms with Crippen molar-refractivity contribution in [1.29, 1.82) is 0 Å². The molecule has 0 N–H and O–H groups in total. The SMILES string of the molecule is COC(=O)[C@@H](Br)OC. The largest absolute Gasteiger partial charge is 0.466 e. The third-order valence-electron chi connectivity index (χ3n) is 0.593. The van der Waals surface area contributed by atoms with Gasteiger partial charge in [0.15, 0.2) is 0 Å². The Balaban J connectivity index is 3.46. The highest BCUT2D eigenvalue weighted by Crippen LogP contribution is 2.00. The number of hydrogen-bond acceptors (Lipinski definition) is 3. The molecule has 1 atom stereocenters. The van der Waals surface area contributed by atoms with Gasteiger partial charge in [0, 0.05) is 7.11 Å². The summed E-state index contributed by atoms with van der Waals surface area (Å²) in [5.41, 5.74) is 0. The normalized spacial score (nSPS) is 12.9. The molecule has 0 aliphatic heterocycles. The molecule has 0 saturated carbocycles. The van der Waals surface area contributed by atoms with Crippen molar-refractivity contribution in [2.75, 3.05) is 14.2 Å². The number of carbonyl (C=O) groups is 1. The van der Waals surface area contributed by atoms with Crippen LogP contribution in [0.5, 0.6) is 0 Å². The molecule has 48 valence electrons. The number of halogens is 1. The number of hydrogen-bond donors (Lipinski definition) is 0. The fourth-order valence-electron chi connectivity index (χ4n) is 0.189. The fraction of sp³-hybridized carbons (Fsp3) is 0.750. The van der Waals surface area contributed by atoms with Crippen molar-refractivity contribution in [2.45, 2.75) is 5.01 Å². The highest BCUT2D eigenvalue weighted by molar-refractivity contribution is 9.09. The Morgan fingerprint density at radius 2 is 2.12 bits per heavy atom. The van der Waals surface area contributed by atoms with Crippen LogP contribution in [0.2, 0.25) is 0 Å². The lowest BCUT2D eigenvalue weighted by molar-refractivity contribution is -0.146. The molecular formula is C4H7BrO3. The molecule has 0 aromatic heterocycles. The van der Waals surface area contributed by atoms with Gasteiger partial charge in [0.05, 0.1) is 7.11 Å². The Kier molecular flexibility index (Phi) is 3.81. The van der Waals surface area contributed by atoms with E-state index in [9.17, 15) is 4.79 Å². The molecule has 0 aliphatic rings. The van der Waals surface area contributed by atoms with Crippen molar-refractivity contribution >= 4 is 21.9 Å². The van der Waals surface area contributed by atoms with E-state index in [4.69, 9.17) is 0 Å². The zero-order valence-corrected chi connectivity index (χ0v) is 6.27. The average molecular weight is 183 g/mol. The van der Waals surface area contributed by atoms with Crippen LogP contribution in [0.25, 0.3) is 0 Å². The first-order valence-corrected chi connectivity index (χ1v) is 2.88. The second-order valence-electron chi connectivity index (χ2n) is 1.07. The predicted molar refractivity (Wildman–Crippen MR) is 31.7 cm³/mol. The number of carbonyl (C=O) groups excluding carboxylic acids is 1. The van der Waals surface area contributed by atoms with Crippen molar-refractivity contribution in [3.63, 3.8) is 0 Å². The van der Waals surface area contributed by atoms with Crippen molar-refractivity contribution in [1.82, 2.24) is 0 Å². The maximum absolute atomic E-state index is 10.3. The number of esters is 1. The molecule has 4 heteroatoms. The molecule has 0 heterocycles. The summed E-state index contributed by atoms with van der Waals surface area (Å²) in [6.07, 6.45) is 0. The van der Waals surface area contributed by atoms with Crippen LogP contribution >= 0.6 is 15.9 Å². The van der Waals surface area contributed by atoms with E-state index in [-0.39, 0.29) is 0 Å². The lowest BCUT2D eigenvalue weighted by atomic mass is 10.7. The molecule has 8 heavy (non-hydrogen) atoms. The Morgan fingerprint density at radius 1 is 1.62 bits per heavy atom. The summed E-state index contributed by atoms with van der Waals surface area (Å²) in [5, 5.41) is -0.632. The Bertz CT molecular complexity index is 83.4. The van der Waals surface area contributed by atoms with Gasteiger partial charge >= 0.3 is 5.97 Å². The van der Waals surface area contributed by atoms with Gasteiger partial charge in [0.1, 0.15) is 0 Å². The first kappa shape index (κ1) is 7.91. The summed E-state index contributed by atoms with van der Waals surface area (Å²) >= 11 is 2.91. The van der Waals surface area contributed by atoms with Crippen LogP contribution in [0, 0.1) is 0 Å². The van der Waals surface area contributed by atoms with Crippen LogP contribution in [0.1, 0.15) is 0 Å². The third kappa shape index (κ3) is 2.28. The molecule has 0 aliphatic carbocycles. The van der Waals surface area contributed by atoms with E-state index in [0.29, 0.717) is 0 Å². The molecular weight excluding hydrogens is 176 g/mol. The Hall–Kier alpha value is -0.0900. The van der Waals surface area contributed by atoms with Crippen LogP contribution in [-0.2, 0) is 14.3 Å². The molecule has 0 rings (SSSR count). The number of alkyl halides is 1. The van der Waals surface area contributed by atoms with Gasteiger partial charge in [0.2, 0.25) is 5.01 Å². The molecule has 0 amide bonds. The van der Waals surface area contributed by atoms with E-state index >= 15 is 0 Å². The van der Waals surface area contributed by atoms with E-state index < -0.39 is 11.0 Å². The first-order valence-electron chi connectivity index (χ1n) is 1.97. The summed E-state index contributed by atoms with van der Waals surface area (Å²) in [6.45, 7) is 0. The maximum Gasteiger partial charge on any atom is 0.346 e. The summed E-state index contributed by atoms with van der Waals surface area (Å²) < 4.78 is 8.84. The van der Waals surface area contributed by atoms with Gasteiger partial charge in [-0.3, -0.25) is 0 Å². The molecule has 0 bridgehead atoms. The first-order chi connectivity index (χ1) is 3.72. The highest BCUT2D eigenvalue weighted by Gasteiger charge is 2.11. The Morgan fingerprint density at radius 3 is 2.25 bits per heavy atom. The molecule has 0 radical (unpaired) electrons. The van der Waals surface area contributed by atoms with E-state index in [1.807, 2.05) is 0 Å². The number of rotatable bonds is 2. The molecule has 0 aromatic carbocycles. The van der Waals surface area contributed by atoms with Crippen molar-refractivity contribution in [2.24, 2.45) is 0 Å². The summed E-state index contributed by atoms with van der Waals surface area (Å²) in [5.74, 6) is -0.424. The highest BCUT2D eigenvalue weighted by atomic mass is 79.9. The quantitative estimate of drug-likeness (QED) is 0.462. The van der Waals surface area contributed by atoms with Crippen molar-refractivity contribution in [3.8, 4) is 0 Å². The third-order valence-corrected chi connectivity index (χ3v) is 1.34. The van der Waals surface area contributed by atoms with E-state index in [1.54, 1.807) is 0 Å². The van der Waals surface area contributed by atoms with Crippen LogP contribution in [0.4, 0.5) is 0 Å². The van der Waals surface area contributed by atoms with Crippen molar-refractivity contribution in [3.05, 3.63) is 0 Å². The standard InChI is InChI=1S/C4H7BrO3/c1-7-3(5)4(6)8-2/h3H,1-2H3/t3-/m0/s1. The number of methoxy groups -OCH3 is 2. The average Bonchev–Trinajstić information content (AvgIpc) is 1.84. The lowest BCUT2D eigenvalue weighted by Gasteiger charge is -2.02. The summed E-state index contributed by atoms with van der Waals surface area (Å²) in [6, 6.07) is 0. The summed E-state index contributed by atoms with van der Waals surface area (Å²) in [7, 11) is 2.71. The van der Waals surface area contributed by atoms with Crippen molar-refractivity contribution < 1.29 is 14.3 Å². The molecule has 0 aromatic rings. The van der Waals surface area contributed by atoms with E-state index in [0.717, 1.165) is 0 Å². The number of ether oxygens (including phenoxy) is 2. The van der Waals surface area contributed by atoms with Crippen LogP contribution in [0.15, 0.2) is 0 Å². The van der Waals surface area contributed by atoms with Gasteiger partial charge in [-0.1, -0.05) is 0 Å². The van der Waals surface area contributed by atoms with E-state index in [2.05, 4.69) is 25.4 Å². The van der Waals surface area contributed by atoms with Crippen LogP contribution in [0.3, 0.4) is 0 Å². The molecule has 0 spiro atoms. The van der Waals surface area contributed by atoms with Gasteiger partial charge < -0.3 is 9.47 Å². The van der Waals surface area contributed by atoms with Crippen LogP contribution < -0.4 is 0 Å². The topological polar surface area (TPSA) is 35.5 Å². The summed E-state index contributed by atoms with van der Waals surface area (Å²) in [4.78, 5) is 10.3. The lowest BCUT2D eigenvalue weighted by Crippen LogP contribution is -2.16. The van der Waals surface area contributed by atoms with Gasteiger partial charge in [-0.25, -0.2) is 4.79 Å².